The van der Waals surface area contributed by atoms with Gasteiger partial charge in [0.25, 0.3) is 0 Å². The van der Waals surface area contributed by atoms with Gasteiger partial charge in [0.1, 0.15) is 0 Å². The molecule has 2 rings (SSSR count). The first kappa shape index (κ1) is 12.3. The number of carbonyl (C=O) groups excluding carboxylic acids is 1. The number of benzene rings is 1. The zero-order valence-electron chi connectivity index (χ0n) is 10.4. The minimum Gasteiger partial charge on any atom is -0.378 e. The number of ether oxygens (including phenoxy) is 1. The third kappa shape index (κ3) is 3.40. The van der Waals surface area contributed by atoms with Crippen LogP contribution >= 0.6 is 0 Å². The first-order valence-corrected chi connectivity index (χ1v) is 6.48. The summed E-state index contributed by atoms with van der Waals surface area (Å²) in [6, 6.07) is 9.54. The fraction of sp³-hybridized carbons (Fsp3) is 0.533. The van der Waals surface area contributed by atoms with Gasteiger partial charge in [-0.3, -0.25) is 4.79 Å². The van der Waals surface area contributed by atoms with E-state index >= 15 is 0 Å². The van der Waals surface area contributed by atoms with Gasteiger partial charge in [0.2, 0.25) is 0 Å². The van der Waals surface area contributed by atoms with Crippen LogP contribution in [-0.2, 0) is 4.74 Å². The van der Waals surface area contributed by atoms with Crippen molar-refractivity contribution in [3.8, 4) is 0 Å². The number of hydrogen-bond donors (Lipinski definition) is 0. The molecule has 0 radical (unpaired) electrons. The Kier molecular flexibility index (Phi) is 4.32. The summed E-state index contributed by atoms with van der Waals surface area (Å²) < 4.78 is 5.68. The number of ketones is 1. The summed E-state index contributed by atoms with van der Waals surface area (Å²) in [5.74, 6) is 0.292. The van der Waals surface area contributed by atoms with Gasteiger partial charge in [-0.1, -0.05) is 37.3 Å². The second kappa shape index (κ2) is 5.97. The number of hydrogen-bond acceptors (Lipinski definition) is 2. The Morgan fingerprint density at radius 2 is 2.12 bits per heavy atom. The molecule has 0 N–H and O–H groups in total. The molecule has 17 heavy (non-hydrogen) atoms. The van der Waals surface area contributed by atoms with Gasteiger partial charge in [-0.2, -0.15) is 0 Å². The SMILES string of the molecule is CC(CC1CCCCO1)C(=O)c1ccccc1. The van der Waals surface area contributed by atoms with E-state index in [1.807, 2.05) is 37.3 Å². The van der Waals surface area contributed by atoms with Crippen molar-refractivity contribution < 1.29 is 9.53 Å². The molecule has 1 saturated heterocycles. The second-order valence-electron chi connectivity index (χ2n) is 4.86. The van der Waals surface area contributed by atoms with E-state index in [0.29, 0.717) is 0 Å². The van der Waals surface area contributed by atoms with Gasteiger partial charge in [0.05, 0.1) is 6.10 Å². The van der Waals surface area contributed by atoms with E-state index in [-0.39, 0.29) is 17.8 Å². The highest BCUT2D eigenvalue weighted by Gasteiger charge is 2.21. The fourth-order valence-corrected chi connectivity index (χ4v) is 2.38. The third-order valence-corrected chi connectivity index (χ3v) is 3.40. The molecule has 92 valence electrons. The monoisotopic (exact) mass is 232 g/mol. The zero-order chi connectivity index (χ0) is 12.1. The van der Waals surface area contributed by atoms with Crippen molar-refractivity contribution in [1.29, 1.82) is 0 Å². The lowest BCUT2D eigenvalue weighted by atomic mass is 9.91. The first-order valence-electron chi connectivity index (χ1n) is 6.48. The van der Waals surface area contributed by atoms with Crippen molar-refractivity contribution in [3.63, 3.8) is 0 Å². The van der Waals surface area contributed by atoms with Crippen molar-refractivity contribution >= 4 is 5.78 Å². The summed E-state index contributed by atoms with van der Waals surface area (Å²) in [4.78, 5) is 12.2. The number of Topliss-reactive ketones (excluding diaryl/α,β-unsaturated/α-hetero) is 1. The van der Waals surface area contributed by atoms with E-state index in [0.717, 1.165) is 31.4 Å². The molecule has 0 aliphatic carbocycles. The average molecular weight is 232 g/mol. The predicted octanol–water partition coefficient (Wildman–Crippen LogP) is 3.46. The van der Waals surface area contributed by atoms with Crippen LogP contribution in [0.4, 0.5) is 0 Å². The van der Waals surface area contributed by atoms with Gasteiger partial charge in [0.15, 0.2) is 5.78 Å². The van der Waals surface area contributed by atoms with Gasteiger partial charge >= 0.3 is 0 Å². The molecule has 1 aromatic rings. The Labute approximate surface area is 103 Å². The predicted molar refractivity (Wildman–Crippen MR) is 68.1 cm³/mol. The topological polar surface area (TPSA) is 26.3 Å². The van der Waals surface area contributed by atoms with Crippen LogP contribution < -0.4 is 0 Å². The zero-order valence-corrected chi connectivity index (χ0v) is 10.4. The molecule has 2 atom stereocenters. The van der Waals surface area contributed by atoms with E-state index in [4.69, 9.17) is 4.74 Å². The lowest BCUT2D eigenvalue weighted by Gasteiger charge is -2.24. The minimum absolute atomic E-state index is 0.0560. The summed E-state index contributed by atoms with van der Waals surface area (Å²) in [7, 11) is 0. The van der Waals surface area contributed by atoms with Crippen molar-refractivity contribution in [2.75, 3.05) is 6.61 Å². The molecule has 0 aromatic heterocycles. The van der Waals surface area contributed by atoms with Crippen molar-refractivity contribution in [2.24, 2.45) is 5.92 Å². The van der Waals surface area contributed by atoms with Crippen LogP contribution in [0.5, 0.6) is 0 Å². The molecular formula is C15H20O2. The number of rotatable bonds is 4. The van der Waals surface area contributed by atoms with Crippen molar-refractivity contribution in [2.45, 2.75) is 38.7 Å². The van der Waals surface area contributed by atoms with Crippen molar-refractivity contribution in [1.82, 2.24) is 0 Å². The molecule has 2 heteroatoms. The van der Waals surface area contributed by atoms with E-state index in [1.165, 1.54) is 6.42 Å². The lowest BCUT2D eigenvalue weighted by Crippen LogP contribution is -2.24. The summed E-state index contributed by atoms with van der Waals surface area (Å²) in [6.07, 6.45) is 4.64. The lowest BCUT2D eigenvalue weighted by molar-refractivity contribution is 0.00367. The Balaban J connectivity index is 1.91. The Morgan fingerprint density at radius 3 is 2.76 bits per heavy atom. The molecule has 0 amide bonds. The number of carbonyl (C=O) groups is 1. The molecule has 0 saturated carbocycles. The van der Waals surface area contributed by atoms with Crippen LogP contribution in [0.15, 0.2) is 30.3 Å². The second-order valence-corrected chi connectivity index (χ2v) is 4.86. The van der Waals surface area contributed by atoms with E-state index in [2.05, 4.69) is 0 Å². The maximum Gasteiger partial charge on any atom is 0.165 e. The van der Waals surface area contributed by atoms with Crippen molar-refractivity contribution in [3.05, 3.63) is 35.9 Å². The summed E-state index contributed by atoms with van der Waals surface area (Å²) >= 11 is 0. The van der Waals surface area contributed by atoms with E-state index in [1.54, 1.807) is 0 Å². The molecule has 1 fully saturated rings. The summed E-state index contributed by atoms with van der Waals surface area (Å²) in [5.41, 5.74) is 0.816. The Morgan fingerprint density at radius 1 is 1.35 bits per heavy atom. The van der Waals surface area contributed by atoms with Gasteiger partial charge in [0, 0.05) is 18.1 Å². The average Bonchev–Trinajstić information content (AvgIpc) is 2.40. The van der Waals surface area contributed by atoms with E-state index < -0.39 is 0 Å². The fourth-order valence-electron chi connectivity index (χ4n) is 2.38. The van der Waals surface area contributed by atoms with Crippen LogP contribution in [0.3, 0.4) is 0 Å². The Hall–Kier alpha value is -1.15. The molecule has 2 nitrogen and oxygen atoms in total. The highest BCUT2D eigenvalue weighted by Crippen LogP contribution is 2.21. The van der Waals surface area contributed by atoms with Crippen LogP contribution in [0.25, 0.3) is 0 Å². The highest BCUT2D eigenvalue weighted by atomic mass is 16.5. The molecule has 0 bridgehead atoms. The molecule has 1 heterocycles. The molecule has 2 unspecified atom stereocenters. The summed E-state index contributed by atoms with van der Waals surface area (Å²) in [6.45, 7) is 2.87. The van der Waals surface area contributed by atoms with Gasteiger partial charge in [-0.25, -0.2) is 0 Å². The van der Waals surface area contributed by atoms with Gasteiger partial charge in [-0.05, 0) is 25.7 Å². The van der Waals surface area contributed by atoms with Crippen LogP contribution in [0.1, 0.15) is 43.0 Å². The normalized spacial score (nSPS) is 22.1. The molecular weight excluding hydrogens is 212 g/mol. The first-order chi connectivity index (χ1) is 8.27. The minimum atomic E-state index is 0.0560. The molecule has 1 aliphatic heterocycles. The third-order valence-electron chi connectivity index (χ3n) is 3.40. The van der Waals surface area contributed by atoms with Crippen LogP contribution in [0, 0.1) is 5.92 Å². The molecule has 1 aliphatic rings. The van der Waals surface area contributed by atoms with Crippen LogP contribution in [-0.4, -0.2) is 18.5 Å². The van der Waals surface area contributed by atoms with Gasteiger partial charge in [-0.15, -0.1) is 0 Å². The van der Waals surface area contributed by atoms with Crippen LogP contribution in [0.2, 0.25) is 0 Å². The Bertz CT molecular complexity index is 352. The van der Waals surface area contributed by atoms with Gasteiger partial charge < -0.3 is 4.74 Å². The molecule has 1 aromatic carbocycles. The standard InChI is InChI=1S/C15H20O2/c1-12(11-14-9-5-6-10-17-14)15(16)13-7-3-2-4-8-13/h2-4,7-8,12,14H,5-6,9-11H2,1H3. The largest absolute Gasteiger partial charge is 0.378 e. The quantitative estimate of drug-likeness (QED) is 0.743. The smallest absolute Gasteiger partial charge is 0.165 e. The summed E-state index contributed by atoms with van der Waals surface area (Å²) in [5, 5.41) is 0. The maximum absolute atomic E-state index is 12.2. The molecule has 0 spiro atoms. The van der Waals surface area contributed by atoms with E-state index in [9.17, 15) is 4.79 Å². The highest BCUT2D eigenvalue weighted by molar-refractivity contribution is 5.97. The maximum atomic E-state index is 12.2.